The van der Waals surface area contributed by atoms with Crippen LogP contribution in [0.5, 0.6) is 0 Å². The fraction of sp³-hybridized carbons (Fsp3) is 1.00. The van der Waals surface area contributed by atoms with Crippen LogP contribution < -0.4 is 17.0 Å². The molecule has 0 radical (unpaired) electrons. The minimum absolute atomic E-state index is 0. The van der Waals surface area contributed by atoms with Crippen molar-refractivity contribution in [1.29, 1.82) is 0 Å². The molecular weight excluding hydrogens is 442 g/mol. The minimum atomic E-state index is -0.208. The Hall–Kier alpha value is 0.880. The zero-order chi connectivity index (χ0) is 18.3. The molecule has 0 aliphatic rings. The molecule has 0 amide bonds. The molecule has 0 rings (SSSR count). The van der Waals surface area contributed by atoms with E-state index in [1.54, 1.807) is 0 Å². The third kappa shape index (κ3) is 21.0. The summed E-state index contributed by atoms with van der Waals surface area (Å²) in [6.07, 6.45) is 17.9. The maximum absolute atomic E-state index is 9.54. The van der Waals surface area contributed by atoms with Crippen LogP contribution in [0.15, 0.2) is 0 Å². The average Bonchev–Trinajstić information content (AvgIpc) is 2.49. The van der Waals surface area contributed by atoms with Gasteiger partial charge >= 0.3 is 0 Å². The summed E-state index contributed by atoms with van der Waals surface area (Å²) in [6, 6.07) is 0. The van der Waals surface area contributed by atoms with Gasteiger partial charge in [-0.15, -0.1) is 0 Å². The van der Waals surface area contributed by atoms with Crippen LogP contribution >= 0.6 is 15.9 Å². The van der Waals surface area contributed by atoms with Gasteiger partial charge in [-0.2, -0.15) is 0 Å². The molecule has 4 heteroatoms. The van der Waals surface area contributed by atoms with Gasteiger partial charge in [0.2, 0.25) is 0 Å². The van der Waals surface area contributed by atoms with Crippen LogP contribution in [0.3, 0.4) is 0 Å². The molecule has 25 heavy (non-hydrogen) atoms. The third-order valence-electron chi connectivity index (χ3n) is 4.93. The molecule has 0 aromatic carbocycles. The molecule has 0 aliphatic heterocycles. The van der Waals surface area contributed by atoms with Gasteiger partial charge in [-0.1, -0.05) is 93.5 Å². The molecule has 0 aromatic rings. The molecule has 0 fully saturated rings. The van der Waals surface area contributed by atoms with E-state index in [4.69, 9.17) is 0 Å². The van der Waals surface area contributed by atoms with Crippen LogP contribution in [0.4, 0.5) is 0 Å². The lowest BCUT2D eigenvalue weighted by molar-refractivity contribution is -0.893. The van der Waals surface area contributed by atoms with E-state index < -0.39 is 0 Å². The molecule has 1 N–H and O–H groups in total. The van der Waals surface area contributed by atoms with Crippen LogP contribution in [0.2, 0.25) is 0 Å². The van der Waals surface area contributed by atoms with E-state index in [0.717, 1.165) is 17.6 Å². The van der Waals surface area contributed by atoms with Crippen molar-refractivity contribution in [2.75, 3.05) is 27.2 Å². The Morgan fingerprint density at radius 2 is 1.24 bits per heavy atom. The first-order chi connectivity index (χ1) is 11.4. The maximum atomic E-state index is 9.54. The number of alkyl halides is 1. The Kier molecular flexibility index (Phi) is 20.5. The van der Waals surface area contributed by atoms with Crippen LogP contribution in [-0.2, 0) is 0 Å². The van der Waals surface area contributed by atoms with Crippen molar-refractivity contribution in [1.82, 2.24) is 0 Å². The fourth-order valence-electron chi connectivity index (χ4n) is 3.47. The van der Waals surface area contributed by atoms with Crippen molar-refractivity contribution in [2.24, 2.45) is 0 Å². The van der Waals surface area contributed by atoms with Gasteiger partial charge < -0.3 is 26.6 Å². The molecule has 0 bridgehead atoms. The molecular formula is C21H45Br2NO. The molecule has 0 saturated carbocycles. The van der Waals surface area contributed by atoms with E-state index in [1.165, 1.54) is 83.5 Å². The number of hydrogen-bond acceptors (Lipinski definition) is 1. The van der Waals surface area contributed by atoms with Gasteiger partial charge in [0.05, 0.1) is 20.6 Å². The summed E-state index contributed by atoms with van der Waals surface area (Å²) in [5.74, 6) is 0. The minimum Gasteiger partial charge on any atom is -1.00 e. The molecule has 2 atom stereocenters. The summed E-state index contributed by atoms with van der Waals surface area (Å²) in [5.41, 5.74) is 0. The van der Waals surface area contributed by atoms with Gasteiger partial charge in [-0.3, -0.25) is 0 Å². The topological polar surface area (TPSA) is 20.2 Å². The lowest BCUT2D eigenvalue weighted by Crippen LogP contribution is -3.00. The SMILES string of the molecule is CCCCCCCCCCCCCC(Br)CC[N+](C)(C)CC(C)O.[Br-]. The smallest absolute Gasteiger partial charge is 0.104 e. The largest absolute Gasteiger partial charge is 1.00 e. The van der Waals surface area contributed by atoms with E-state index in [2.05, 4.69) is 36.9 Å². The van der Waals surface area contributed by atoms with Gasteiger partial charge in [0, 0.05) is 11.2 Å². The number of aliphatic hydroxyl groups is 1. The predicted molar refractivity (Wildman–Crippen MR) is 112 cm³/mol. The quantitative estimate of drug-likeness (QED) is 0.190. The first kappa shape index (κ1) is 28.1. The van der Waals surface area contributed by atoms with Gasteiger partial charge in [-0.25, -0.2) is 0 Å². The predicted octanol–water partition coefficient (Wildman–Crippen LogP) is 3.30. The summed E-state index contributed by atoms with van der Waals surface area (Å²) in [4.78, 5) is 0.641. The summed E-state index contributed by atoms with van der Waals surface area (Å²) in [5, 5.41) is 9.54. The second-order valence-corrected chi connectivity index (χ2v) is 9.70. The monoisotopic (exact) mass is 485 g/mol. The highest BCUT2D eigenvalue weighted by molar-refractivity contribution is 9.09. The van der Waals surface area contributed by atoms with E-state index >= 15 is 0 Å². The molecule has 0 saturated heterocycles. The van der Waals surface area contributed by atoms with Crippen LogP contribution in [0.1, 0.15) is 97.3 Å². The van der Waals surface area contributed by atoms with Crippen LogP contribution in [-0.4, -0.2) is 47.7 Å². The van der Waals surface area contributed by atoms with Gasteiger partial charge in [-0.05, 0) is 13.3 Å². The van der Waals surface area contributed by atoms with Crippen molar-refractivity contribution in [2.45, 2.75) is 108 Å². The third-order valence-corrected chi connectivity index (χ3v) is 5.84. The molecule has 154 valence electrons. The van der Waals surface area contributed by atoms with Gasteiger partial charge in [0.15, 0.2) is 0 Å². The second kappa shape index (κ2) is 18.3. The highest BCUT2D eigenvalue weighted by atomic mass is 79.9. The van der Waals surface area contributed by atoms with Crippen molar-refractivity contribution in [3.05, 3.63) is 0 Å². The lowest BCUT2D eigenvalue weighted by Gasteiger charge is -2.31. The number of rotatable bonds is 17. The van der Waals surface area contributed by atoms with E-state index in [9.17, 15) is 5.11 Å². The summed E-state index contributed by atoms with van der Waals surface area (Å²) < 4.78 is 0.915. The number of likely N-dealkylation sites (N-methyl/N-ethyl adjacent to an activating group) is 1. The Labute approximate surface area is 177 Å². The molecule has 0 heterocycles. The highest BCUT2D eigenvalue weighted by Crippen LogP contribution is 2.18. The number of unbranched alkanes of at least 4 members (excludes halogenated alkanes) is 10. The summed E-state index contributed by atoms with van der Waals surface area (Å²) in [7, 11) is 4.43. The molecule has 0 aromatic heterocycles. The van der Waals surface area contributed by atoms with Crippen LogP contribution in [0, 0.1) is 0 Å². The van der Waals surface area contributed by atoms with Crippen LogP contribution in [0.25, 0.3) is 0 Å². The number of aliphatic hydroxyl groups excluding tert-OH is 1. The molecule has 0 spiro atoms. The van der Waals surface area contributed by atoms with Crippen molar-refractivity contribution in [3.8, 4) is 0 Å². The Morgan fingerprint density at radius 1 is 0.800 bits per heavy atom. The van der Waals surface area contributed by atoms with Gasteiger partial charge in [0.25, 0.3) is 0 Å². The number of nitrogens with zero attached hydrogens (tertiary/aromatic N) is 1. The van der Waals surface area contributed by atoms with E-state index in [1.807, 2.05) is 6.92 Å². The number of hydrogen-bond donors (Lipinski definition) is 1. The Bertz CT molecular complexity index is 273. The standard InChI is InChI=1S/C21H45BrNO.BrH/c1-5-6-7-8-9-10-11-12-13-14-15-16-21(22)17-18-23(3,4)19-20(2)24;/h20-21,24H,5-19H2,1-4H3;1H/q+1;/p-1. The first-order valence-corrected chi connectivity index (χ1v) is 11.4. The first-order valence-electron chi connectivity index (χ1n) is 10.5. The lowest BCUT2D eigenvalue weighted by atomic mass is 10.0. The van der Waals surface area contributed by atoms with Crippen molar-refractivity contribution >= 4 is 15.9 Å². The van der Waals surface area contributed by atoms with E-state index in [-0.39, 0.29) is 23.1 Å². The number of halogens is 2. The Morgan fingerprint density at radius 3 is 1.68 bits per heavy atom. The number of quaternary nitrogens is 1. The van der Waals surface area contributed by atoms with Crippen molar-refractivity contribution < 1.29 is 26.6 Å². The zero-order valence-corrected chi connectivity index (χ0v) is 20.6. The maximum Gasteiger partial charge on any atom is 0.104 e. The van der Waals surface area contributed by atoms with Crippen molar-refractivity contribution in [3.63, 3.8) is 0 Å². The molecule has 0 aliphatic carbocycles. The molecule has 2 nitrogen and oxygen atoms in total. The molecule has 2 unspecified atom stereocenters. The highest BCUT2D eigenvalue weighted by Gasteiger charge is 2.19. The second-order valence-electron chi connectivity index (χ2n) is 8.40. The average molecular weight is 487 g/mol. The normalized spacial score (nSPS) is 14.2. The fourth-order valence-corrected chi connectivity index (χ4v) is 4.00. The van der Waals surface area contributed by atoms with E-state index in [0.29, 0.717) is 4.83 Å². The Balaban J connectivity index is 0. The van der Waals surface area contributed by atoms with Gasteiger partial charge in [0.1, 0.15) is 12.6 Å². The summed E-state index contributed by atoms with van der Waals surface area (Å²) in [6.45, 7) is 6.15. The summed E-state index contributed by atoms with van der Waals surface area (Å²) >= 11 is 3.85. The zero-order valence-electron chi connectivity index (χ0n) is 17.4.